The molecule has 27 heavy (non-hydrogen) atoms. The first kappa shape index (κ1) is 17.7. The van der Waals surface area contributed by atoms with Crippen molar-refractivity contribution >= 4 is 11.8 Å². The predicted octanol–water partition coefficient (Wildman–Crippen LogP) is 1.29. The molecule has 3 atom stereocenters. The van der Waals surface area contributed by atoms with Gasteiger partial charge in [0.15, 0.2) is 0 Å². The van der Waals surface area contributed by atoms with Crippen LogP contribution < -0.4 is 16.0 Å². The molecule has 0 radical (unpaired) electrons. The van der Waals surface area contributed by atoms with Crippen LogP contribution in [0.2, 0.25) is 0 Å². The molecule has 1 aromatic carbocycles. The Balaban J connectivity index is 1.58. The van der Waals surface area contributed by atoms with E-state index in [1.54, 1.807) is 19.2 Å². The Hall–Kier alpha value is -2.73. The molecule has 6 nitrogen and oxygen atoms in total. The van der Waals surface area contributed by atoms with Gasteiger partial charge in [0.1, 0.15) is 5.69 Å². The highest BCUT2D eigenvalue weighted by Gasteiger charge is 2.53. The van der Waals surface area contributed by atoms with E-state index >= 15 is 0 Å². The minimum absolute atomic E-state index is 0.132. The number of aryl methyl sites for hydroxylation is 1. The third-order valence-corrected chi connectivity index (χ3v) is 5.46. The molecule has 1 saturated carbocycles. The fraction of sp³-hybridized carbons (Fsp3) is 0.381. The third kappa shape index (κ3) is 3.71. The van der Waals surface area contributed by atoms with Gasteiger partial charge in [-0.25, -0.2) is 4.98 Å². The summed E-state index contributed by atoms with van der Waals surface area (Å²) in [7, 11) is 1.56. The van der Waals surface area contributed by atoms with Gasteiger partial charge in [-0.3, -0.25) is 9.59 Å². The highest BCUT2D eigenvalue weighted by molar-refractivity contribution is 5.98. The van der Waals surface area contributed by atoms with Crippen LogP contribution in [0.4, 0.5) is 0 Å². The molecule has 2 aromatic rings. The molecule has 2 heterocycles. The second kappa shape index (κ2) is 7.12. The number of nitrogens with one attached hydrogen (secondary N) is 3. The van der Waals surface area contributed by atoms with Crippen molar-refractivity contribution in [2.75, 3.05) is 20.1 Å². The number of hydrogen-bond acceptors (Lipinski definition) is 4. The van der Waals surface area contributed by atoms with Crippen LogP contribution in [0, 0.1) is 18.8 Å². The largest absolute Gasteiger partial charge is 0.354 e. The van der Waals surface area contributed by atoms with Gasteiger partial charge in [0.2, 0.25) is 0 Å². The van der Waals surface area contributed by atoms with Crippen molar-refractivity contribution in [1.29, 1.82) is 0 Å². The maximum absolute atomic E-state index is 12.8. The maximum atomic E-state index is 12.8. The Labute approximate surface area is 158 Å². The maximum Gasteiger partial charge on any atom is 0.269 e. The SMILES string of the molecule is CNC(=O)c1cc(C(=O)N[C@H]2[C@@H]3CNC[C@@H]32)cc(Cc2cccc(C)c2)n1. The van der Waals surface area contributed by atoms with Crippen LogP contribution in [0.5, 0.6) is 0 Å². The topological polar surface area (TPSA) is 83.1 Å². The summed E-state index contributed by atoms with van der Waals surface area (Å²) in [6.45, 7) is 3.97. The molecule has 3 N–H and O–H groups in total. The minimum Gasteiger partial charge on any atom is -0.354 e. The van der Waals surface area contributed by atoms with E-state index in [9.17, 15) is 9.59 Å². The molecule has 140 valence electrons. The number of carbonyl (C=O) groups is 2. The Bertz CT molecular complexity index is 886. The first-order valence-electron chi connectivity index (χ1n) is 9.35. The van der Waals surface area contributed by atoms with Crippen LogP contribution in [-0.4, -0.2) is 43.0 Å². The van der Waals surface area contributed by atoms with Crippen molar-refractivity contribution in [2.45, 2.75) is 19.4 Å². The zero-order valence-electron chi connectivity index (χ0n) is 15.6. The molecule has 2 fully saturated rings. The van der Waals surface area contributed by atoms with E-state index in [0.717, 1.165) is 18.7 Å². The molecule has 6 heteroatoms. The molecule has 4 rings (SSSR count). The predicted molar refractivity (Wildman–Crippen MR) is 103 cm³/mol. The Morgan fingerprint density at radius 2 is 1.93 bits per heavy atom. The van der Waals surface area contributed by atoms with E-state index in [2.05, 4.69) is 27.0 Å². The molecule has 1 aliphatic heterocycles. The fourth-order valence-electron chi connectivity index (χ4n) is 3.95. The third-order valence-electron chi connectivity index (χ3n) is 5.46. The number of hydrogen-bond donors (Lipinski definition) is 3. The summed E-state index contributed by atoms with van der Waals surface area (Å²) in [6.07, 6.45) is 0.575. The average Bonchev–Trinajstić information content (AvgIpc) is 3.08. The second-order valence-corrected chi connectivity index (χ2v) is 7.46. The average molecular weight is 364 g/mol. The van der Waals surface area contributed by atoms with Crippen molar-refractivity contribution < 1.29 is 9.59 Å². The highest BCUT2D eigenvalue weighted by atomic mass is 16.2. The van der Waals surface area contributed by atoms with Crippen molar-refractivity contribution in [2.24, 2.45) is 11.8 Å². The first-order chi connectivity index (χ1) is 13.0. The molecule has 0 bridgehead atoms. The summed E-state index contributed by atoms with van der Waals surface area (Å²) in [5.41, 5.74) is 3.74. The molecular weight excluding hydrogens is 340 g/mol. The van der Waals surface area contributed by atoms with Gasteiger partial charge < -0.3 is 16.0 Å². The van der Waals surface area contributed by atoms with Gasteiger partial charge in [-0.2, -0.15) is 0 Å². The second-order valence-electron chi connectivity index (χ2n) is 7.46. The number of carbonyl (C=O) groups excluding carboxylic acids is 2. The Kier molecular flexibility index (Phi) is 4.66. The van der Waals surface area contributed by atoms with E-state index in [1.165, 1.54) is 5.56 Å². The normalized spacial score (nSPS) is 22.8. The number of aromatic nitrogens is 1. The smallest absolute Gasteiger partial charge is 0.269 e. The van der Waals surface area contributed by atoms with Gasteiger partial charge in [0.05, 0.1) is 0 Å². The van der Waals surface area contributed by atoms with Crippen LogP contribution in [0.1, 0.15) is 37.7 Å². The number of nitrogens with zero attached hydrogens (tertiary/aromatic N) is 1. The molecular formula is C21H24N4O2. The van der Waals surface area contributed by atoms with Crippen molar-refractivity contribution in [3.05, 3.63) is 64.5 Å². The molecule has 0 spiro atoms. The highest BCUT2D eigenvalue weighted by Crippen LogP contribution is 2.41. The summed E-state index contributed by atoms with van der Waals surface area (Å²) in [6, 6.07) is 11.8. The van der Waals surface area contributed by atoms with Crippen molar-refractivity contribution in [3.63, 3.8) is 0 Å². The molecule has 2 amide bonds. The van der Waals surface area contributed by atoms with Crippen LogP contribution in [0.15, 0.2) is 36.4 Å². The summed E-state index contributed by atoms with van der Waals surface area (Å²) < 4.78 is 0. The van der Waals surface area contributed by atoms with E-state index in [-0.39, 0.29) is 23.6 Å². The lowest BCUT2D eigenvalue weighted by Crippen LogP contribution is -2.33. The van der Waals surface area contributed by atoms with E-state index in [4.69, 9.17) is 0 Å². The molecule has 1 aliphatic carbocycles. The zero-order chi connectivity index (χ0) is 19.0. The monoisotopic (exact) mass is 364 g/mol. The number of rotatable bonds is 5. The standard InChI is InChI=1S/C21H24N4O2/c1-12-4-3-5-13(6-12)7-15-8-14(9-18(24-15)21(27)22-2)20(26)25-19-16-10-23-11-17(16)19/h3-6,8-9,16-17,19,23H,7,10-11H2,1-2H3,(H,22,27)(H,25,26)/t16-,17+,19+. The fourth-order valence-corrected chi connectivity index (χ4v) is 3.95. The lowest BCUT2D eigenvalue weighted by molar-refractivity contribution is 0.0946. The number of fused-ring (bicyclic) bond motifs is 1. The molecule has 2 aliphatic rings. The lowest BCUT2D eigenvalue weighted by atomic mass is 10.0. The van der Waals surface area contributed by atoms with Gasteiger partial charge in [0, 0.05) is 43.9 Å². The summed E-state index contributed by atoms with van der Waals surface area (Å²) in [5, 5.41) is 9.03. The Morgan fingerprint density at radius 1 is 1.15 bits per heavy atom. The summed E-state index contributed by atoms with van der Waals surface area (Å²) in [5.74, 6) is 0.664. The van der Waals surface area contributed by atoms with Gasteiger partial charge >= 0.3 is 0 Å². The number of amides is 2. The molecule has 1 saturated heterocycles. The number of pyridine rings is 1. The van der Waals surface area contributed by atoms with E-state index < -0.39 is 0 Å². The van der Waals surface area contributed by atoms with Gasteiger partial charge in [-0.15, -0.1) is 0 Å². The van der Waals surface area contributed by atoms with Crippen LogP contribution in [0.25, 0.3) is 0 Å². The van der Waals surface area contributed by atoms with E-state index in [1.807, 2.05) is 25.1 Å². The van der Waals surface area contributed by atoms with Gasteiger partial charge in [-0.1, -0.05) is 29.8 Å². The number of benzene rings is 1. The minimum atomic E-state index is -0.289. The molecule has 0 unspecified atom stereocenters. The van der Waals surface area contributed by atoms with Gasteiger partial charge in [0.25, 0.3) is 11.8 Å². The van der Waals surface area contributed by atoms with Crippen molar-refractivity contribution in [3.8, 4) is 0 Å². The van der Waals surface area contributed by atoms with Gasteiger partial charge in [-0.05, 0) is 36.5 Å². The summed E-state index contributed by atoms with van der Waals surface area (Å²) in [4.78, 5) is 29.3. The zero-order valence-corrected chi connectivity index (χ0v) is 15.6. The quantitative estimate of drug-likeness (QED) is 0.747. The van der Waals surface area contributed by atoms with E-state index in [0.29, 0.717) is 29.5 Å². The Morgan fingerprint density at radius 3 is 2.63 bits per heavy atom. The first-order valence-corrected chi connectivity index (χ1v) is 9.35. The van der Waals surface area contributed by atoms with Crippen LogP contribution in [-0.2, 0) is 6.42 Å². The number of piperidine rings is 1. The van der Waals surface area contributed by atoms with Crippen LogP contribution in [0.3, 0.4) is 0 Å². The van der Waals surface area contributed by atoms with Crippen molar-refractivity contribution in [1.82, 2.24) is 20.9 Å². The van der Waals surface area contributed by atoms with Crippen LogP contribution >= 0.6 is 0 Å². The molecule has 1 aromatic heterocycles. The lowest BCUT2D eigenvalue weighted by Gasteiger charge is -2.11. The summed E-state index contributed by atoms with van der Waals surface area (Å²) >= 11 is 0.